The summed E-state index contributed by atoms with van der Waals surface area (Å²) in [5, 5.41) is 1.71. The van der Waals surface area contributed by atoms with Gasteiger partial charge in [-0.05, 0) is 49.6 Å². The fourth-order valence-electron chi connectivity index (χ4n) is 2.14. The van der Waals surface area contributed by atoms with Crippen molar-refractivity contribution in [2.75, 3.05) is 17.8 Å². The first-order valence-corrected chi connectivity index (χ1v) is 9.80. The summed E-state index contributed by atoms with van der Waals surface area (Å²) in [7, 11) is -3.58. The van der Waals surface area contributed by atoms with Crippen molar-refractivity contribution in [1.29, 1.82) is 0 Å². The maximum Gasteiger partial charge on any atom is 0.271 e. The van der Waals surface area contributed by atoms with Gasteiger partial charge in [0.1, 0.15) is 4.21 Å². The zero-order valence-electron chi connectivity index (χ0n) is 13.7. The van der Waals surface area contributed by atoms with Gasteiger partial charge in [0.2, 0.25) is 0 Å². The monoisotopic (exact) mass is 364 g/mol. The molecule has 0 saturated carbocycles. The van der Waals surface area contributed by atoms with E-state index in [0.29, 0.717) is 24.3 Å². The number of nitrogens with zero attached hydrogens (tertiary/aromatic N) is 1. The molecule has 2 rings (SSSR count). The van der Waals surface area contributed by atoms with Gasteiger partial charge in [-0.2, -0.15) is 0 Å². The standard InChI is InChI=1S/C17H20N2O3S2/c1-4-19(12-13(2)3)17(20)14-7-9-15(10-8-14)18-24(21,22)16-6-5-11-23-16/h5-11,18H,2,4,12H2,1,3H3. The van der Waals surface area contributed by atoms with E-state index in [1.54, 1.807) is 46.7 Å². The Morgan fingerprint density at radius 1 is 1.25 bits per heavy atom. The summed E-state index contributed by atoms with van der Waals surface area (Å²) in [4.78, 5) is 14.1. The van der Waals surface area contributed by atoms with E-state index in [1.165, 1.54) is 0 Å². The van der Waals surface area contributed by atoms with Crippen LogP contribution in [0.2, 0.25) is 0 Å². The van der Waals surface area contributed by atoms with E-state index in [0.717, 1.165) is 16.9 Å². The van der Waals surface area contributed by atoms with E-state index in [4.69, 9.17) is 0 Å². The number of carbonyl (C=O) groups excluding carboxylic acids is 1. The number of sulfonamides is 1. The Morgan fingerprint density at radius 2 is 1.92 bits per heavy atom. The van der Waals surface area contributed by atoms with Crippen LogP contribution in [0.15, 0.2) is 58.1 Å². The zero-order chi connectivity index (χ0) is 17.7. The number of anilines is 1. The van der Waals surface area contributed by atoms with E-state index in [2.05, 4.69) is 11.3 Å². The summed E-state index contributed by atoms with van der Waals surface area (Å²) >= 11 is 1.15. The van der Waals surface area contributed by atoms with Gasteiger partial charge in [0.15, 0.2) is 0 Å². The van der Waals surface area contributed by atoms with Crippen molar-refractivity contribution in [1.82, 2.24) is 4.90 Å². The molecule has 0 spiro atoms. The second kappa shape index (κ2) is 7.63. The number of likely N-dealkylation sites (N-methyl/N-ethyl adjacent to an activating group) is 1. The lowest BCUT2D eigenvalue weighted by molar-refractivity contribution is 0.0778. The number of nitrogens with one attached hydrogen (secondary N) is 1. The van der Waals surface area contributed by atoms with Crippen molar-refractivity contribution >= 4 is 33.0 Å². The third-order valence-corrected chi connectivity index (χ3v) is 6.05. The number of amides is 1. The number of thiophene rings is 1. The highest BCUT2D eigenvalue weighted by Gasteiger charge is 2.17. The lowest BCUT2D eigenvalue weighted by atomic mass is 10.1. The van der Waals surface area contributed by atoms with Crippen molar-refractivity contribution in [3.8, 4) is 0 Å². The second-order valence-corrected chi connectivity index (χ2v) is 8.25. The maximum atomic E-state index is 12.4. The topological polar surface area (TPSA) is 66.5 Å². The van der Waals surface area contributed by atoms with Crippen LogP contribution in [0.4, 0.5) is 5.69 Å². The first-order valence-electron chi connectivity index (χ1n) is 7.43. The first-order chi connectivity index (χ1) is 11.3. The minimum absolute atomic E-state index is 0.104. The smallest absolute Gasteiger partial charge is 0.271 e. The van der Waals surface area contributed by atoms with Gasteiger partial charge in [0, 0.05) is 24.3 Å². The predicted octanol–water partition coefficient (Wildman–Crippen LogP) is 3.59. The number of benzene rings is 1. The summed E-state index contributed by atoms with van der Waals surface area (Å²) in [6.07, 6.45) is 0. The molecule has 1 N–H and O–H groups in total. The van der Waals surface area contributed by atoms with E-state index < -0.39 is 10.0 Å². The van der Waals surface area contributed by atoms with Gasteiger partial charge in [0.05, 0.1) is 0 Å². The third kappa shape index (κ3) is 4.46. The molecule has 0 aliphatic heterocycles. The Hall–Kier alpha value is -2.12. The Morgan fingerprint density at radius 3 is 2.42 bits per heavy atom. The van der Waals surface area contributed by atoms with Crippen LogP contribution < -0.4 is 4.72 Å². The molecule has 1 aromatic heterocycles. The largest absolute Gasteiger partial charge is 0.335 e. The summed E-state index contributed by atoms with van der Waals surface area (Å²) in [6.45, 7) is 8.69. The van der Waals surface area contributed by atoms with Crippen LogP contribution in [0.25, 0.3) is 0 Å². The van der Waals surface area contributed by atoms with E-state index in [-0.39, 0.29) is 10.1 Å². The fraction of sp³-hybridized carbons (Fsp3) is 0.235. The van der Waals surface area contributed by atoms with Crippen LogP contribution in [0.3, 0.4) is 0 Å². The Bertz CT molecular complexity index is 810. The van der Waals surface area contributed by atoms with Gasteiger partial charge < -0.3 is 4.90 Å². The number of carbonyl (C=O) groups is 1. The molecule has 0 aliphatic rings. The molecule has 24 heavy (non-hydrogen) atoms. The molecule has 0 unspecified atom stereocenters. The van der Waals surface area contributed by atoms with Crippen molar-refractivity contribution in [2.24, 2.45) is 0 Å². The maximum absolute atomic E-state index is 12.4. The Balaban J connectivity index is 2.13. The number of hydrogen-bond acceptors (Lipinski definition) is 4. The van der Waals surface area contributed by atoms with Crippen molar-refractivity contribution < 1.29 is 13.2 Å². The number of hydrogen-bond donors (Lipinski definition) is 1. The molecule has 2 aromatic rings. The summed E-state index contributed by atoms with van der Waals surface area (Å²) < 4.78 is 27.1. The van der Waals surface area contributed by atoms with Crippen molar-refractivity contribution in [3.63, 3.8) is 0 Å². The molecule has 0 aliphatic carbocycles. The zero-order valence-corrected chi connectivity index (χ0v) is 15.3. The van der Waals surface area contributed by atoms with Gasteiger partial charge >= 0.3 is 0 Å². The van der Waals surface area contributed by atoms with Crippen LogP contribution in [-0.4, -0.2) is 32.3 Å². The van der Waals surface area contributed by atoms with Gasteiger partial charge in [0.25, 0.3) is 15.9 Å². The summed E-state index contributed by atoms with van der Waals surface area (Å²) in [5.41, 5.74) is 1.84. The van der Waals surface area contributed by atoms with E-state index in [9.17, 15) is 13.2 Å². The molecule has 1 aromatic carbocycles. The van der Waals surface area contributed by atoms with Crippen LogP contribution in [0.1, 0.15) is 24.2 Å². The third-order valence-electron chi connectivity index (χ3n) is 3.27. The van der Waals surface area contributed by atoms with Gasteiger partial charge in [-0.15, -0.1) is 11.3 Å². The van der Waals surface area contributed by atoms with Gasteiger partial charge in [-0.25, -0.2) is 8.42 Å². The SMILES string of the molecule is C=C(C)CN(CC)C(=O)c1ccc(NS(=O)(=O)c2cccs2)cc1. The Kier molecular flexibility index (Phi) is 5.80. The highest BCUT2D eigenvalue weighted by atomic mass is 32.2. The second-order valence-electron chi connectivity index (χ2n) is 5.39. The average Bonchev–Trinajstić information content (AvgIpc) is 3.07. The molecule has 0 bridgehead atoms. The quantitative estimate of drug-likeness (QED) is 0.764. The lowest BCUT2D eigenvalue weighted by Crippen LogP contribution is -2.32. The molecule has 5 nitrogen and oxygen atoms in total. The highest BCUT2D eigenvalue weighted by Crippen LogP contribution is 2.20. The van der Waals surface area contributed by atoms with E-state index in [1.807, 2.05) is 13.8 Å². The average molecular weight is 364 g/mol. The lowest BCUT2D eigenvalue weighted by Gasteiger charge is -2.21. The van der Waals surface area contributed by atoms with Gasteiger partial charge in [-0.1, -0.05) is 18.2 Å². The molecule has 0 saturated heterocycles. The minimum Gasteiger partial charge on any atom is -0.335 e. The van der Waals surface area contributed by atoms with Crippen molar-refractivity contribution in [3.05, 3.63) is 59.5 Å². The highest BCUT2D eigenvalue weighted by molar-refractivity contribution is 7.94. The van der Waals surface area contributed by atoms with Crippen molar-refractivity contribution in [2.45, 2.75) is 18.1 Å². The number of rotatable bonds is 7. The summed E-state index contributed by atoms with van der Waals surface area (Å²) in [6, 6.07) is 9.65. The predicted molar refractivity (Wildman–Crippen MR) is 98.0 cm³/mol. The van der Waals surface area contributed by atoms with Crippen LogP contribution in [0.5, 0.6) is 0 Å². The normalized spacial score (nSPS) is 11.1. The molecule has 1 amide bonds. The molecule has 0 atom stereocenters. The minimum atomic E-state index is -3.58. The Labute approximate surface area is 146 Å². The summed E-state index contributed by atoms with van der Waals surface area (Å²) in [5.74, 6) is -0.104. The molecule has 128 valence electrons. The van der Waals surface area contributed by atoms with Crippen LogP contribution in [0, 0.1) is 0 Å². The van der Waals surface area contributed by atoms with Crippen LogP contribution in [-0.2, 0) is 10.0 Å². The first kappa shape index (κ1) is 18.2. The molecule has 1 heterocycles. The van der Waals surface area contributed by atoms with E-state index >= 15 is 0 Å². The molecular weight excluding hydrogens is 344 g/mol. The molecule has 0 fully saturated rings. The molecular formula is C17H20N2O3S2. The van der Waals surface area contributed by atoms with Crippen LogP contribution >= 0.6 is 11.3 Å². The molecule has 7 heteroatoms. The van der Waals surface area contributed by atoms with Gasteiger partial charge in [-0.3, -0.25) is 9.52 Å². The molecule has 0 radical (unpaired) electrons. The fourth-order valence-corrected chi connectivity index (χ4v) is 4.19.